The zero-order valence-corrected chi connectivity index (χ0v) is 17.8. The fourth-order valence-corrected chi connectivity index (χ4v) is 3.90. The highest BCUT2D eigenvalue weighted by Crippen LogP contribution is 2.38. The first-order valence-electron chi connectivity index (χ1n) is 10.4. The molecule has 5 heteroatoms. The van der Waals surface area contributed by atoms with Crippen molar-refractivity contribution in [3.8, 4) is 17.2 Å². The van der Waals surface area contributed by atoms with Crippen LogP contribution >= 0.6 is 0 Å². The summed E-state index contributed by atoms with van der Waals surface area (Å²) in [6.07, 6.45) is 4.26. The summed E-state index contributed by atoms with van der Waals surface area (Å²) in [6.45, 7) is 6.06. The van der Waals surface area contributed by atoms with Crippen molar-refractivity contribution in [3.63, 3.8) is 0 Å². The Hall–Kier alpha value is -2.79. The molecule has 2 aromatic carbocycles. The number of aryl methyl sites for hydroxylation is 1. The molecule has 0 fully saturated rings. The summed E-state index contributed by atoms with van der Waals surface area (Å²) in [7, 11) is 0. The minimum absolute atomic E-state index is 0.0834. The van der Waals surface area contributed by atoms with Crippen molar-refractivity contribution in [2.75, 3.05) is 0 Å². The second kappa shape index (κ2) is 8.92. The molecule has 0 saturated heterocycles. The van der Waals surface area contributed by atoms with Gasteiger partial charge in [0.15, 0.2) is 5.78 Å². The van der Waals surface area contributed by atoms with Crippen LogP contribution in [0.5, 0.6) is 17.2 Å². The Labute approximate surface area is 177 Å². The number of aliphatic hydroxyl groups is 1. The summed E-state index contributed by atoms with van der Waals surface area (Å²) in [6, 6.07) is 9.75. The molecule has 0 aliphatic carbocycles. The second-order valence-corrected chi connectivity index (χ2v) is 8.47. The van der Waals surface area contributed by atoms with E-state index < -0.39 is 11.7 Å². The molecule has 160 valence electrons. The summed E-state index contributed by atoms with van der Waals surface area (Å²) >= 11 is 0. The fraction of sp³-hybridized carbons (Fsp3) is 0.400. The Morgan fingerprint density at radius 3 is 2.70 bits per heavy atom. The molecule has 0 saturated carbocycles. The molecule has 5 nitrogen and oxygen atoms in total. The molecular weight excluding hydrogens is 380 g/mol. The number of fused-ring (bicyclic) bond motifs is 1. The summed E-state index contributed by atoms with van der Waals surface area (Å²) in [4.78, 5) is 12.5. The zero-order chi connectivity index (χ0) is 21.9. The van der Waals surface area contributed by atoms with Crippen LogP contribution in [0.3, 0.4) is 0 Å². The number of carbonyl (C=O) groups excluding carboxylic acids is 1. The maximum Gasteiger partial charge on any atom is 0.166 e. The van der Waals surface area contributed by atoms with E-state index in [1.165, 1.54) is 17.7 Å². The third-order valence-electron chi connectivity index (χ3n) is 5.77. The Morgan fingerprint density at radius 1 is 1.23 bits per heavy atom. The Bertz CT molecular complexity index is 958. The van der Waals surface area contributed by atoms with Crippen molar-refractivity contribution in [3.05, 3.63) is 64.7 Å². The number of aliphatic hydroxyl groups excluding tert-OH is 1. The van der Waals surface area contributed by atoms with E-state index in [4.69, 9.17) is 4.74 Å². The lowest BCUT2D eigenvalue weighted by Gasteiger charge is -2.40. The molecule has 0 radical (unpaired) electrons. The first kappa shape index (κ1) is 21.9. The maximum absolute atomic E-state index is 12.5. The molecule has 3 rings (SSSR count). The van der Waals surface area contributed by atoms with E-state index in [9.17, 15) is 20.1 Å². The molecular formula is C25H30O5. The van der Waals surface area contributed by atoms with Crippen LogP contribution in [0.2, 0.25) is 0 Å². The molecule has 0 bridgehead atoms. The standard InChI is InChI=1S/C25H30O5/c1-16(2)6-5-13-25(3)24(29)15-20-17(7-4-8-23(20)30-25)9-12-21(27)19-11-10-18(26)14-22(19)28/h4,6-8,10-11,14,24,26,28-29H,5,9,12-13,15H2,1-3H3. The molecule has 30 heavy (non-hydrogen) atoms. The van der Waals surface area contributed by atoms with Crippen LogP contribution in [0.25, 0.3) is 0 Å². The molecule has 1 aliphatic heterocycles. The number of carbonyl (C=O) groups is 1. The van der Waals surface area contributed by atoms with Gasteiger partial charge in [0, 0.05) is 24.5 Å². The Kier molecular flexibility index (Phi) is 6.52. The Balaban J connectivity index is 1.73. The van der Waals surface area contributed by atoms with Gasteiger partial charge in [-0.05, 0) is 63.8 Å². The van der Waals surface area contributed by atoms with Gasteiger partial charge in [-0.3, -0.25) is 4.79 Å². The van der Waals surface area contributed by atoms with E-state index in [-0.39, 0.29) is 29.3 Å². The van der Waals surface area contributed by atoms with Crippen LogP contribution in [0, 0.1) is 0 Å². The van der Waals surface area contributed by atoms with Gasteiger partial charge < -0.3 is 20.1 Å². The smallest absolute Gasteiger partial charge is 0.166 e. The number of ether oxygens (including phenoxy) is 1. The lowest BCUT2D eigenvalue weighted by atomic mass is 9.83. The van der Waals surface area contributed by atoms with E-state index >= 15 is 0 Å². The van der Waals surface area contributed by atoms with E-state index in [0.717, 1.165) is 35.8 Å². The van der Waals surface area contributed by atoms with Gasteiger partial charge in [-0.15, -0.1) is 0 Å². The minimum atomic E-state index is -0.648. The average Bonchev–Trinajstić information content (AvgIpc) is 2.67. The topological polar surface area (TPSA) is 87.0 Å². The van der Waals surface area contributed by atoms with E-state index in [1.807, 2.05) is 25.1 Å². The van der Waals surface area contributed by atoms with Crippen LogP contribution in [0.4, 0.5) is 0 Å². The lowest BCUT2D eigenvalue weighted by molar-refractivity contribution is -0.0589. The quantitative estimate of drug-likeness (QED) is 0.454. The predicted molar refractivity (Wildman–Crippen MR) is 116 cm³/mol. The van der Waals surface area contributed by atoms with Gasteiger partial charge in [-0.2, -0.15) is 0 Å². The highest BCUT2D eigenvalue weighted by molar-refractivity contribution is 5.98. The number of rotatable bonds is 7. The molecule has 3 N–H and O–H groups in total. The third-order valence-corrected chi connectivity index (χ3v) is 5.77. The monoisotopic (exact) mass is 410 g/mol. The fourth-order valence-electron chi connectivity index (χ4n) is 3.90. The summed E-state index contributed by atoms with van der Waals surface area (Å²) in [5.41, 5.74) is 2.69. The van der Waals surface area contributed by atoms with Gasteiger partial charge in [-0.1, -0.05) is 23.8 Å². The largest absolute Gasteiger partial charge is 0.508 e. The number of Topliss-reactive ketones (excluding diaryl/α,β-unsaturated/α-hetero) is 1. The van der Waals surface area contributed by atoms with Crippen molar-refractivity contribution < 1.29 is 24.9 Å². The van der Waals surface area contributed by atoms with Gasteiger partial charge in [0.05, 0.1) is 11.7 Å². The first-order chi connectivity index (χ1) is 14.2. The maximum atomic E-state index is 12.5. The number of phenolic OH excluding ortho intramolecular Hbond substituents is 2. The molecule has 0 spiro atoms. The third kappa shape index (κ3) is 4.85. The van der Waals surface area contributed by atoms with Crippen LogP contribution in [-0.2, 0) is 12.8 Å². The number of benzene rings is 2. The number of phenols is 2. The summed E-state index contributed by atoms with van der Waals surface area (Å²) < 4.78 is 6.25. The molecule has 1 aliphatic rings. The molecule has 0 aromatic heterocycles. The molecule has 2 unspecified atom stereocenters. The highest BCUT2D eigenvalue weighted by Gasteiger charge is 2.40. The zero-order valence-electron chi connectivity index (χ0n) is 17.8. The van der Waals surface area contributed by atoms with Gasteiger partial charge in [0.2, 0.25) is 0 Å². The van der Waals surface area contributed by atoms with Crippen molar-refractivity contribution in [1.29, 1.82) is 0 Å². The van der Waals surface area contributed by atoms with Gasteiger partial charge in [-0.25, -0.2) is 0 Å². The number of aromatic hydroxyl groups is 2. The van der Waals surface area contributed by atoms with E-state index in [1.54, 1.807) is 0 Å². The molecule has 0 amide bonds. The van der Waals surface area contributed by atoms with Gasteiger partial charge in [0.25, 0.3) is 0 Å². The van der Waals surface area contributed by atoms with E-state index in [0.29, 0.717) is 12.8 Å². The average molecular weight is 411 g/mol. The van der Waals surface area contributed by atoms with Crippen LogP contribution in [-0.4, -0.2) is 32.8 Å². The van der Waals surface area contributed by atoms with Gasteiger partial charge >= 0.3 is 0 Å². The molecule has 1 heterocycles. The van der Waals surface area contributed by atoms with E-state index in [2.05, 4.69) is 19.9 Å². The number of hydrogen-bond donors (Lipinski definition) is 3. The van der Waals surface area contributed by atoms with Crippen molar-refractivity contribution >= 4 is 5.78 Å². The first-order valence-corrected chi connectivity index (χ1v) is 10.4. The number of hydrogen-bond acceptors (Lipinski definition) is 5. The van der Waals surface area contributed by atoms with Crippen LogP contribution in [0.1, 0.15) is 61.5 Å². The Morgan fingerprint density at radius 2 is 2.00 bits per heavy atom. The summed E-state index contributed by atoms with van der Waals surface area (Å²) in [5, 5.41) is 30.1. The summed E-state index contributed by atoms with van der Waals surface area (Å²) in [5.74, 6) is 0.257. The van der Waals surface area contributed by atoms with Crippen LogP contribution in [0.15, 0.2) is 48.0 Å². The van der Waals surface area contributed by atoms with Crippen molar-refractivity contribution in [1.82, 2.24) is 0 Å². The lowest BCUT2D eigenvalue weighted by Crippen LogP contribution is -2.49. The number of allylic oxidation sites excluding steroid dienone is 2. The van der Waals surface area contributed by atoms with Crippen molar-refractivity contribution in [2.24, 2.45) is 0 Å². The molecule has 2 aromatic rings. The minimum Gasteiger partial charge on any atom is -0.508 e. The van der Waals surface area contributed by atoms with Gasteiger partial charge in [0.1, 0.15) is 22.8 Å². The van der Waals surface area contributed by atoms with Crippen molar-refractivity contribution in [2.45, 2.75) is 64.6 Å². The van der Waals surface area contributed by atoms with Crippen LogP contribution < -0.4 is 4.74 Å². The molecule has 2 atom stereocenters. The predicted octanol–water partition coefficient (Wildman–Crippen LogP) is 4.71. The second-order valence-electron chi connectivity index (χ2n) is 8.47. The normalized spacial score (nSPS) is 20.2. The SMILES string of the molecule is CC(C)=CCCC1(C)Oc2cccc(CCC(=O)c3ccc(O)cc3O)c2CC1O. The number of ketones is 1. The highest BCUT2D eigenvalue weighted by atomic mass is 16.5.